The Morgan fingerprint density at radius 1 is 1.03 bits per heavy atom. The van der Waals surface area contributed by atoms with Crippen LogP contribution in [0.4, 0.5) is 0 Å². The van der Waals surface area contributed by atoms with Crippen molar-refractivity contribution in [3.63, 3.8) is 0 Å². The van der Waals surface area contributed by atoms with E-state index in [9.17, 15) is 0 Å². The fraction of sp³-hybridized carbons (Fsp3) is 0.458. The second-order valence-corrected chi connectivity index (χ2v) is 7.80. The number of aliphatic imine (C=N–C) groups is 1. The van der Waals surface area contributed by atoms with Gasteiger partial charge in [-0.05, 0) is 49.8 Å². The zero-order valence-electron chi connectivity index (χ0n) is 19.8. The van der Waals surface area contributed by atoms with Gasteiger partial charge in [0.1, 0.15) is 5.75 Å². The summed E-state index contributed by atoms with van der Waals surface area (Å²) in [7, 11) is 11.1. The van der Waals surface area contributed by atoms with Crippen LogP contribution >= 0.6 is 24.0 Å². The Balaban J connectivity index is 0.00000363. The van der Waals surface area contributed by atoms with Gasteiger partial charge in [0.25, 0.3) is 0 Å². The van der Waals surface area contributed by atoms with Crippen molar-refractivity contribution in [1.82, 2.24) is 15.1 Å². The summed E-state index contributed by atoms with van der Waals surface area (Å²) < 4.78 is 16.5. The summed E-state index contributed by atoms with van der Waals surface area (Å²) in [5.74, 6) is 3.32. The van der Waals surface area contributed by atoms with Crippen LogP contribution in [-0.2, 0) is 13.0 Å². The maximum absolute atomic E-state index is 5.59. The zero-order valence-corrected chi connectivity index (χ0v) is 22.2. The summed E-state index contributed by atoms with van der Waals surface area (Å²) in [6.45, 7) is 2.38. The maximum Gasteiger partial charge on any atom is 0.194 e. The van der Waals surface area contributed by atoms with Crippen molar-refractivity contribution in [3.8, 4) is 17.2 Å². The van der Waals surface area contributed by atoms with Crippen LogP contribution in [0.3, 0.4) is 0 Å². The van der Waals surface area contributed by atoms with Crippen molar-refractivity contribution in [3.05, 3.63) is 53.1 Å². The Bertz CT molecular complexity index is 920. The van der Waals surface area contributed by atoms with E-state index >= 15 is 0 Å². The molecule has 0 amide bonds. The summed E-state index contributed by atoms with van der Waals surface area (Å²) in [5.41, 5.74) is 3.68. The minimum Gasteiger partial charge on any atom is -0.496 e. The number of rotatable bonds is 7. The Morgan fingerprint density at radius 2 is 1.66 bits per heavy atom. The number of guanidine groups is 1. The third-order valence-electron chi connectivity index (χ3n) is 5.80. The average Bonchev–Trinajstić information content (AvgIpc) is 2.80. The molecule has 1 aliphatic rings. The lowest BCUT2D eigenvalue weighted by Gasteiger charge is -2.34. The van der Waals surface area contributed by atoms with Crippen LogP contribution in [0.15, 0.2) is 41.4 Å². The van der Waals surface area contributed by atoms with Gasteiger partial charge in [0.2, 0.25) is 0 Å². The van der Waals surface area contributed by atoms with Gasteiger partial charge in [-0.15, -0.1) is 24.0 Å². The molecule has 3 rings (SSSR count). The van der Waals surface area contributed by atoms with E-state index in [2.05, 4.69) is 52.4 Å². The lowest BCUT2D eigenvalue weighted by molar-refractivity contribution is 0.282. The largest absolute Gasteiger partial charge is 0.496 e. The molecule has 0 aliphatic carbocycles. The molecule has 7 nitrogen and oxygen atoms in total. The first kappa shape index (κ1) is 26.1. The first-order valence-corrected chi connectivity index (χ1v) is 10.5. The first-order valence-electron chi connectivity index (χ1n) is 10.5. The summed E-state index contributed by atoms with van der Waals surface area (Å²) >= 11 is 0. The molecule has 176 valence electrons. The van der Waals surface area contributed by atoms with E-state index in [0.717, 1.165) is 54.8 Å². The molecule has 2 aromatic carbocycles. The molecule has 2 aromatic rings. The van der Waals surface area contributed by atoms with Crippen molar-refractivity contribution in [2.45, 2.75) is 19.0 Å². The quantitative estimate of drug-likeness (QED) is 0.321. The standard InChI is InChI=1S/C24H34N4O3.HI/c1-25-24(26-15-20(27(2)3)19-9-7-8-10-21(19)29-4)28-12-11-17-13-22(30-5)23(31-6)14-18(17)16-28;/h7-10,13-14,20H,11-12,15-16H2,1-6H3,(H,25,26);1H. The van der Waals surface area contributed by atoms with Crippen LogP contribution in [0.25, 0.3) is 0 Å². The van der Waals surface area contributed by atoms with Gasteiger partial charge < -0.3 is 29.3 Å². The second-order valence-electron chi connectivity index (χ2n) is 7.80. The van der Waals surface area contributed by atoms with E-state index in [1.165, 1.54) is 11.1 Å². The number of benzene rings is 2. The van der Waals surface area contributed by atoms with E-state index in [1.807, 2.05) is 25.2 Å². The van der Waals surface area contributed by atoms with Gasteiger partial charge >= 0.3 is 0 Å². The number of methoxy groups -OCH3 is 3. The Morgan fingerprint density at radius 3 is 2.25 bits per heavy atom. The molecule has 0 spiro atoms. The van der Waals surface area contributed by atoms with Crippen LogP contribution in [0, 0.1) is 0 Å². The highest BCUT2D eigenvalue weighted by molar-refractivity contribution is 14.0. The molecule has 1 heterocycles. The molecular weight excluding hydrogens is 519 g/mol. The lowest BCUT2D eigenvalue weighted by Crippen LogP contribution is -2.46. The van der Waals surface area contributed by atoms with Crippen molar-refractivity contribution >= 4 is 29.9 Å². The predicted octanol–water partition coefficient (Wildman–Crippen LogP) is 3.57. The van der Waals surface area contributed by atoms with Crippen molar-refractivity contribution in [2.75, 3.05) is 55.6 Å². The highest BCUT2D eigenvalue weighted by atomic mass is 127. The number of likely N-dealkylation sites (N-methyl/N-ethyl adjacent to an activating group) is 1. The van der Waals surface area contributed by atoms with Gasteiger partial charge in [-0.3, -0.25) is 4.99 Å². The van der Waals surface area contributed by atoms with Crippen molar-refractivity contribution < 1.29 is 14.2 Å². The van der Waals surface area contributed by atoms with Crippen molar-refractivity contribution in [1.29, 1.82) is 0 Å². The van der Waals surface area contributed by atoms with Crippen LogP contribution in [0.1, 0.15) is 22.7 Å². The minimum absolute atomic E-state index is 0. The summed E-state index contributed by atoms with van der Waals surface area (Å²) in [4.78, 5) is 9.03. The van der Waals surface area contributed by atoms with E-state index in [1.54, 1.807) is 21.3 Å². The number of ether oxygens (including phenoxy) is 3. The van der Waals surface area contributed by atoms with Gasteiger partial charge in [0.05, 0.1) is 27.4 Å². The van der Waals surface area contributed by atoms with Crippen LogP contribution in [0.2, 0.25) is 0 Å². The summed E-state index contributed by atoms with van der Waals surface area (Å²) in [5, 5.41) is 3.58. The molecule has 8 heteroatoms. The Labute approximate surface area is 208 Å². The molecule has 0 saturated carbocycles. The number of hydrogen-bond donors (Lipinski definition) is 1. The fourth-order valence-corrected chi connectivity index (χ4v) is 4.10. The van der Waals surface area contributed by atoms with Crippen LogP contribution in [-0.4, -0.2) is 71.3 Å². The molecule has 1 atom stereocenters. The number of para-hydroxylation sites is 1. The SMILES string of the molecule is CN=C(NCC(c1ccccc1OC)N(C)C)N1CCc2cc(OC)c(OC)cc2C1.I. The number of halogens is 1. The van der Waals surface area contributed by atoms with Crippen LogP contribution < -0.4 is 19.5 Å². The van der Waals surface area contributed by atoms with Crippen molar-refractivity contribution in [2.24, 2.45) is 4.99 Å². The first-order chi connectivity index (χ1) is 15.0. The number of nitrogens with zero attached hydrogens (tertiary/aromatic N) is 3. The molecule has 0 fully saturated rings. The minimum atomic E-state index is 0. The summed E-state index contributed by atoms with van der Waals surface area (Å²) in [6, 6.07) is 12.5. The van der Waals surface area contributed by atoms with Gasteiger partial charge in [0.15, 0.2) is 17.5 Å². The smallest absolute Gasteiger partial charge is 0.194 e. The average molecular weight is 554 g/mol. The van der Waals surface area contributed by atoms with E-state index in [0.29, 0.717) is 0 Å². The molecule has 1 aliphatic heterocycles. The highest BCUT2D eigenvalue weighted by Gasteiger charge is 2.24. The van der Waals surface area contributed by atoms with Gasteiger partial charge in [-0.2, -0.15) is 0 Å². The molecule has 1 N–H and O–H groups in total. The van der Waals surface area contributed by atoms with E-state index < -0.39 is 0 Å². The molecule has 0 radical (unpaired) electrons. The van der Waals surface area contributed by atoms with Gasteiger partial charge in [0, 0.05) is 32.2 Å². The van der Waals surface area contributed by atoms with Crippen LogP contribution in [0.5, 0.6) is 17.2 Å². The monoisotopic (exact) mass is 554 g/mol. The zero-order chi connectivity index (χ0) is 22.4. The Hall–Kier alpha value is -2.20. The third kappa shape index (κ3) is 5.78. The number of nitrogens with one attached hydrogen (secondary N) is 1. The normalized spacial score (nSPS) is 14.3. The molecular formula is C24H35IN4O3. The second kappa shape index (κ2) is 12.2. The molecule has 32 heavy (non-hydrogen) atoms. The molecule has 0 aromatic heterocycles. The van der Waals surface area contributed by atoms with Gasteiger partial charge in [-0.1, -0.05) is 18.2 Å². The van der Waals surface area contributed by atoms with E-state index in [4.69, 9.17) is 14.2 Å². The molecule has 0 saturated heterocycles. The lowest BCUT2D eigenvalue weighted by atomic mass is 9.99. The van der Waals surface area contributed by atoms with E-state index in [-0.39, 0.29) is 30.0 Å². The maximum atomic E-state index is 5.59. The Kier molecular flexibility index (Phi) is 9.89. The molecule has 0 bridgehead atoms. The predicted molar refractivity (Wildman–Crippen MR) is 140 cm³/mol. The highest BCUT2D eigenvalue weighted by Crippen LogP contribution is 2.33. The summed E-state index contributed by atoms with van der Waals surface area (Å²) in [6.07, 6.45) is 0.931. The number of hydrogen-bond acceptors (Lipinski definition) is 5. The fourth-order valence-electron chi connectivity index (χ4n) is 4.10. The third-order valence-corrected chi connectivity index (χ3v) is 5.80. The molecule has 1 unspecified atom stereocenters. The van der Waals surface area contributed by atoms with Gasteiger partial charge in [-0.25, -0.2) is 0 Å². The topological polar surface area (TPSA) is 58.6 Å². The number of fused-ring (bicyclic) bond motifs is 1.